The van der Waals surface area contributed by atoms with Crippen LogP contribution < -0.4 is 10.2 Å². The lowest BCUT2D eigenvalue weighted by atomic mass is 10.1. The van der Waals surface area contributed by atoms with E-state index in [2.05, 4.69) is 42.4 Å². The van der Waals surface area contributed by atoms with Crippen molar-refractivity contribution in [2.24, 2.45) is 0 Å². The molecule has 252 valence electrons. The number of anilines is 3. The Morgan fingerprint density at radius 1 is 0.833 bits per heavy atom. The number of nitrogens with one attached hydrogen (secondary N) is 1. The summed E-state index contributed by atoms with van der Waals surface area (Å²) in [5.74, 6) is -4.25. The zero-order valence-electron chi connectivity index (χ0n) is 24.4. The average Bonchev–Trinajstić information content (AvgIpc) is 3.56. The number of carboxylic acid groups (broad SMARTS) is 2. The minimum absolute atomic E-state index is 0.541. The van der Waals surface area contributed by atoms with E-state index in [1.54, 1.807) is 17.2 Å². The number of alkyl halides is 6. The molecule has 6 rings (SSSR count). The lowest BCUT2D eigenvalue weighted by Crippen LogP contribution is -2.37. The van der Waals surface area contributed by atoms with Gasteiger partial charge in [0.1, 0.15) is 6.33 Å². The van der Waals surface area contributed by atoms with Gasteiger partial charge in [-0.05, 0) is 42.0 Å². The molecular formula is C29H24F6N8O5. The first-order valence-corrected chi connectivity index (χ1v) is 13.6. The van der Waals surface area contributed by atoms with Crippen molar-refractivity contribution >= 4 is 40.4 Å². The fourth-order valence-corrected chi connectivity index (χ4v) is 3.91. The quantitative estimate of drug-likeness (QED) is 0.210. The Hall–Kier alpha value is -5.85. The van der Waals surface area contributed by atoms with Crippen LogP contribution in [0.4, 0.5) is 43.9 Å². The molecule has 1 aliphatic rings. The van der Waals surface area contributed by atoms with E-state index in [1.807, 2.05) is 54.9 Å². The predicted molar refractivity (Wildman–Crippen MR) is 158 cm³/mol. The van der Waals surface area contributed by atoms with Gasteiger partial charge in [0, 0.05) is 48.3 Å². The molecule has 0 aliphatic carbocycles. The molecular weight excluding hydrogens is 654 g/mol. The van der Waals surface area contributed by atoms with E-state index in [0.29, 0.717) is 19.2 Å². The SMILES string of the molecule is O=C(O)C(F)(F)F.O=C(O)C(F)(F)F.c1cncc(-c2ccc3cnc(Nc4ccc(-n5cnc(N6CCOCC6)n5)cc4)nc3c2)c1. The van der Waals surface area contributed by atoms with Crippen molar-refractivity contribution in [1.29, 1.82) is 0 Å². The van der Waals surface area contributed by atoms with E-state index in [1.165, 1.54) is 0 Å². The highest BCUT2D eigenvalue weighted by molar-refractivity contribution is 5.84. The minimum atomic E-state index is -5.08. The van der Waals surface area contributed by atoms with Gasteiger partial charge in [0.2, 0.25) is 11.9 Å². The number of rotatable bonds is 5. The maximum absolute atomic E-state index is 10.6. The van der Waals surface area contributed by atoms with Crippen molar-refractivity contribution < 1.29 is 50.9 Å². The minimum Gasteiger partial charge on any atom is -0.475 e. The molecule has 48 heavy (non-hydrogen) atoms. The summed E-state index contributed by atoms with van der Waals surface area (Å²) in [7, 11) is 0. The normalized spacial score (nSPS) is 13.1. The monoisotopic (exact) mass is 678 g/mol. The molecule has 0 spiro atoms. The topological polar surface area (TPSA) is 168 Å². The second kappa shape index (κ2) is 15.2. The summed E-state index contributed by atoms with van der Waals surface area (Å²) < 4.78 is 70.7. The number of hydrogen-bond donors (Lipinski definition) is 3. The van der Waals surface area contributed by atoms with Crippen LogP contribution in [0.5, 0.6) is 0 Å². The number of carbonyl (C=O) groups is 2. The highest BCUT2D eigenvalue weighted by atomic mass is 19.4. The van der Waals surface area contributed by atoms with Crippen molar-refractivity contribution in [2.75, 3.05) is 36.5 Å². The Kier molecular flexibility index (Phi) is 11.1. The number of ether oxygens (including phenoxy) is 1. The lowest BCUT2D eigenvalue weighted by Gasteiger charge is -2.25. The van der Waals surface area contributed by atoms with Crippen molar-refractivity contribution in [3.63, 3.8) is 0 Å². The van der Waals surface area contributed by atoms with Gasteiger partial charge in [0.25, 0.3) is 0 Å². The predicted octanol–water partition coefficient (Wildman–Crippen LogP) is 5.12. The Morgan fingerprint density at radius 3 is 2.06 bits per heavy atom. The molecule has 3 N–H and O–H groups in total. The van der Waals surface area contributed by atoms with Gasteiger partial charge >= 0.3 is 24.3 Å². The van der Waals surface area contributed by atoms with Crippen LogP contribution in [0.2, 0.25) is 0 Å². The third kappa shape index (κ3) is 9.82. The van der Waals surface area contributed by atoms with E-state index in [9.17, 15) is 26.3 Å². The maximum Gasteiger partial charge on any atom is 0.490 e. The summed E-state index contributed by atoms with van der Waals surface area (Å²) in [5, 5.41) is 23.1. The van der Waals surface area contributed by atoms with Crippen LogP contribution in [-0.4, -0.2) is 90.5 Å². The first-order valence-electron chi connectivity index (χ1n) is 13.6. The molecule has 1 fully saturated rings. The molecule has 19 heteroatoms. The number of halogens is 6. The van der Waals surface area contributed by atoms with E-state index < -0.39 is 24.3 Å². The number of hydrogen-bond acceptors (Lipinski definition) is 10. The zero-order valence-corrected chi connectivity index (χ0v) is 24.4. The molecule has 2 aromatic carbocycles. The van der Waals surface area contributed by atoms with Gasteiger partial charge in [0.05, 0.1) is 24.4 Å². The standard InChI is InChI=1S/C25H22N8O.2C2HF3O2/c1-2-19(15-26-9-1)18-3-4-20-16-27-24(30-23(20)14-18)29-21-5-7-22(8-6-21)33-17-28-25(31-33)32-10-12-34-13-11-32;2*3-2(4,5)1(6)7/h1-9,14-17H,10-13H2,(H,27,29,30);2*(H,6,7). The molecule has 0 unspecified atom stereocenters. The molecule has 1 aliphatic heterocycles. The highest BCUT2D eigenvalue weighted by Gasteiger charge is 2.38. The fraction of sp³-hybridized carbons (Fsp3) is 0.207. The van der Waals surface area contributed by atoms with Crippen LogP contribution in [0.1, 0.15) is 0 Å². The lowest BCUT2D eigenvalue weighted by molar-refractivity contribution is -0.193. The summed E-state index contributed by atoms with van der Waals surface area (Å²) in [6, 6.07) is 18.0. The highest BCUT2D eigenvalue weighted by Crippen LogP contribution is 2.24. The number of aliphatic carboxylic acids is 2. The van der Waals surface area contributed by atoms with Crippen LogP contribution in [0, 0.1) is 0 Å². The van der Waals surface area contributed by atoms with Gasteiger partial charge in [-0.25, -0.2) is 24.2 Å². The number of fused-ring (bicyclic) bond motifs is 1. The molecule has 4 heterocycles. The second-order valence-electron chi connectivity index (χ2n) is 9.58. The van der Waals surface area contributed by atoms with Gasteiger partial charge in [-0.2, -0.15) is 31.3 Å². The Labute approximate surface area is 266 Å². The van der Waals surface area contributed by atoms with Gasteiger partial charge in [-0.15, -0.1) is 5.10 Å². The van der Waals surface area contributed by atoms with E-state index >= 15 is 0 Å². The van der Waals surface area contributed by atoms with Crippen LogP contribution in [0.15, 0.2) is 79.5 Å². The Morgan fingerprint density at radius 2 is 1.48 bits per heavy atom. The van der Waals surface area contributed by atoms with Crippen LogP contribution in [-0.2, 0) is 14.3 Å². The summed E-state index contributed by atoms with van der Waals surface area (Å²) in [4.78, 5) is 37.7. The number of nitrogens with zero attached hydrogens (tertiary/aromatic N) is 7. The summed E-state index contributed by atoms with van der Waals surface area (Å²) >= 11 is 0. The number of pyridine rings is 1. The number of aromatic nitrogens is 6. The third-order valence-electron chi connectivity index (χ3n) is 6.22. The smallest absolute Gasteiger partial charge is 0.475 e. The Bertz CT molecular complexity index is 1810. The molecule has 0 bridgehead atoms. The zero-order chi connectivity index (χ0) is 34.9. The summed E-state index contributed by atoms with van der Waals surface area (Å²) in [5.41, 5.74) is 4.81. The molecule has 0 atom stereocenters. The molecule has 1 saturated heterocycles. The van der Waals surface area contributed by atoms with Gasteiger partial charge in [-0.1, -0.05) is 18.2 Å². The van der Waals surface area contributed by atoms with Gasteiger partial charge in [-0.3, -0.25) is 4.98 Å². The first-order chi connectivity index (χ1) is 22.7. The van der Waals surface area contributed by atoms with Gasteiger partial charge < -0.3 is 25.2 Å². The summed E-state index contributed by atoms with van der Waals surface area (Å²) in [6.07, 6.45) is -2.98. The van der Waals surface area contributed by atoms with E-state index in [-0.39, 0.29) is 0 Å². The van der Waals surface area contributed by atoms with Gasteiger partial charge in [0.15, 0.2) is 0 Å². The number of benzene rings is 2. The largest absolute Gasteiger partial charge is 0.490 e. The molecule has 5 aromatic rings. The number of morpholine rings is 1. The molecule has 0 radical (unpaired) electrons. The van der Waals surface area contributed by atoms with Crippen LogP contribution in [0.25, 0.3) is 27.7 Å². The van der Waals surface area contributed by atoms with Crippen LogP contribution in [0.3, 0.4) is 0 Å². The second-order valence-corrected chi connectivity index (χ2v) is 9.58. The fourth-order valence-electron chi connectivity index (χ4n) is 3.91. The van der Waals surface area contributed by atoms with Crippen LogP contribution >= 0.6 is 0 Å². The van der Waals surface area contributed by atoms with Crippen molar-refractivity contribution in [1.82, 2.24) is 29.7 Å². The molecule has 13 nitrogen and oxygen atoms in total. The average molecular weight is 679 g/mol. The van der Waals surface area contributed by atoms with Crippen molar-refractivity contribution in [3.8, 4) is 16.8 Å². The summed E-state index contributed by atoms with van der Waals surface area (Å²) in [6.45, 7) is 3.03. The molecule has 0 saturated carbocycles. The maximum atomic E-state index is 10.6. The van der Waals surface area contributed by atoms with E-state index in [4.69, 9.17) is 29.5 Å². The first kappa shape index (κ1) is 35.0. The molecule has 3 aromatic heterocycles. The van der Waals surface area contributed by atoms with E-state index in [0.717, 1.165) is 52.4 Å². The number of carboxylic acids is 2. The van der Waals surface area contributed by atoms with Crippen molar-refractivity contribution in [2.45, 2.75) is 12.4 Å². The third-order valence-corrected chi connectivity index (χ3v) is 6.22. The molecule has 0 amide bonds. The van der Waals surface area contributed by atoms with Crippen molar-refractivity contribution in [3.05, 3.63) is 79.5 Å². The Balaban J connectivity index is 0.000000314.